The third-order valence-electron chi connectivity index (χ3n) is 4.87. The van der Waals surface area contributed by atoms with Crippen molar-refractivity contribution in [2.75, 3.05) is 24.6 Å². The number of aryl methyl sites for hydroxylation is 1. The standard InChI is InChI=1S/C20H19F2N3O7S/c21-16-5-4-15(11-17(16)22)33(30,31)23-8-7-20(27)32-12-19(26)24-9-1-2-13-10-14(25(28)29)3-6-18(13)24/h3-6,10-11,23H,1-2,7-9,12H2. The average molecular weight is 483 g/mol. The second kappa shape index (κ2) is 10.0. The average Bonchev–Trinajstić information content (AvgIpc) is 2.78. The number of hydrogen-bond donors (Lipinski definition) is 1. The fraction of sp³-hybridized carbons (Fsp3) is 0.300. The van der Waals surface area contributed by atoms with Crippen LogP contribution < -0.4 is 9.62 Å². The molecule has 0 radical (unpaired) electrons. The molecule has 0 bridgehead atoms. The Balaban J connectivity index is 1.51. The van der Waals surface area contributed by atoms with Gasteiger partial charge in [-0.3, -0.25) is 19.7 Å². The number of nitro benzene ring substituents is 1. The predicted octanol–water partition coefficient (Wildman–Crippen LogP) is 2.06. The van der Waals surface area contributed by atoms with E-state index in [1.54, 1.807) is 0 Å². The maximum Gasteiger partial charge on any atom is 0.307 e. The number of carbonyl (C=O) groups is 2. The number of sulfonamides is 1. The number of rotatable bonds is 8. The topological polar surface area (TPSA) is 136 Å². The first-order valence-electron chi connectivity index (χ1n) is 9.76. The number of fused-ring (bicyclic) bond motifs is 1. The number of nitro groups is 1. The molecule has 10 nitrogen and oxygen atoms in total. The van der Waals surface area contributed by atoms with E-state index in [9.17, 15) is 36.9 Å². The molecule has 0 aliphatic carbocycles. The number of nitrogens with zero attached hydrogens (tertiary/aromatic N) is 2. The summed E-state index contributed by atoms with van der Waals surface area (Å²) < 4.78 is 57.3. The van der Waals surface area contributed by atoms with Crippen LogP contribution in [-0.4, -0.2) is 44.9 Å². The monoisotopic (exact) mass is 483 g/mol. The summed E-state index contributed by atoms with van der Waals surface area (Å²) in [4.78, 5) is 35.7. The molecule has 33 heavy (non-hydrogen) atoms. The second-order valence-corrected chi connectivity index (χ2v) is 8.87. The molecule has 0 spiro atoms. The number of anilines is 1. The van der Waals surface area contributed by atoms with Gasteiger partial charge in [0.1, 0.15) is 0 Å². The number of non-ortho nitro benzene ring substituents is 1. The fourth-order valence-electron chi connectivity index (χ4n) is 3.26. The molecule has 0 atom stereocenters. The summed E-state index contributed by atoms with van der Waals surface area (Å²) in [5, 5.41) is 10.9. The van der Waals surface area contributed by atoms with Gasteiger partial charge in [-0.2, -0.15) is 0 Å². The molecule has 0 unspecified atom stereocenters. The molecule has 1 amide bonds. The maximum absolute atomic E-state index is 13.2. The Morgan fingerprint density at radius 2 is 1.91 bits per heavy atom. The number of nitrogens with one attached hydrogen (secondary N) is 1. The van der Waals surface area contributed by atoms with Crippen molar-refractivity contribution in [1.29, 1.82) is 0 Å². The summed E-state index contributed by atoms with van der Waals surface area (Å²) in [5.41, 5.74) is 1.06. The zero-order chi connectivity index (χ0) is 24.2. The lowest BCUT2D eigenvalue weighted by atomic mass is 10.0. The number of halogens is 2. The van der Waals surface area contributed by atoms with Gasteiger partial charge in [0.25, 0.3) is 11.6 Å². The van der Waals surface area contributed by atoms with Crippen molar-refractivity contribution in [2.24, 2.45) is 0 Å². The van der Waals surface area contributed by atoms with Crippen molar-refractivity contribution in [3.63, 3.8) is 0 Å². The van der Waals surface area contributed by atoms with E-state index in [0.29, 0.717) is 42.8 Å². The van der Waals surface area contributed by atoms with Crippen molar-refractivity contribution in [1.82, 2.24) is 4.72 Å². The van der Waals surface area contributed by atoms with Crippen LogP contribution in [0.25, 0.3) is 0 Å². The van der Waals surface area contributed by atoms with E-state index in [2.05, 4.69) is 4.72 Å². The van der Waals surface area contributed by atoms with Crippen LogP contribution in [-0.2, 0) is 30.8 Å². The SMILES string of the molecule is O=C(CCNS(=O)(=O)c1ccc(F)c(F)c1)OCC(=O)N1CCCc2cc([N+](=O)[O-])ccc21. The Hall–Kier alpha value is -3.45. The number of benzene rings is 2. The molecule has 1 N–H and O–H groups in total. The third-order valence-corrected chi connectivity index (χ3v) is 6.33. The lowest BCUT2D eigenvalue weighted by molar-refractivity contribution is -0.384. The minimum atomic E-state index is -4.17. The van der Waals surface area contributed by atoms with Gasteiger partial charge in [-0.15, -0.1) is 0 Å². The van der Waals surface area contributed by atoms with Crippen LogP contribution in [0.3, 0.4) is 0 Å². The molecule has 1 aliphatic heterocycles. The van der Waals surface area contributed by atoms with E-state index in [-0.39, 0.29) is 12.2 Å². The largest absolute Gasteiger partial charge is 0.456 e. The Kier molecular flexibility index (Phi) is 7.33. The highest BCUT2D eigenvalue weighted by molar-refractivity contribution is 7.89. The van der Waals surface area contributed by atoms with Gasteiger partial charge >= 0.3 is 5.97 Å². The normalized spacial score (nSPS) is 13.3. The van der Waals surface area contributed by atoms with E-state index in [1.165, 1.54) is 23.1 Å². The van der Waals surface area contributed by atoms with Crippen LogP contribution in [0.5, 0.6) is 0 Å². The van der Waals surface area contributed by atoms with Crippen LogP contribution >= 0.6 is 0 Å². The quantitative estimate of drug-likeness (QED) is 0.345. The first-order valence-corrected chi connectivity index (χ1v) is 11.2. The highest BCUT2D eigenvalue weighted by Gasteiger charge is 2.25. The van der Waals surface area contributed by atoms with Crippen molar-refractivity contribution < 1.29 is 36.4 Å². The van der Waals surface area contributed by atoms with Crippen LogP contribution in [0, 0.1) is 21.7 Å². The summed E-state index contributed by atoms with van der Waals surface area (Å²) >= 11 is 0. The Bertz CT molecular complexity index is 1200. The number of ether oxygens (including phenoxy) is 1. The summed E-state index contributed by atoms with van der Waals surface area (Å²) in [6.07, 6.45) is 0.747. The number of carbonyl (C=O) groups excluding carboxylic acids is 2. The summed E-state index contributed by atoms with van der Waals surface area (Å²) in [5.74, 6) is -3.90. The highest BCUT2D eigenvalue weighted by Crippen LogP contribution is 2.30. The summed E-state index contributed by atoms with van der Waals surface area (Å²) in [7, 11) is -4.17. The van der Waals surface area contributed by atoms with Crippen molar-refractivity contribution in [3.8, 4) is 0 Å². The minimum Gasteiger partial charge on any atom is -0.456 e. The van der Waals surface area contributed by atoms with Crippen molar-refractivity contribution in [2.45, 2.75) is 24.2 Å². The summed E-state index contributed by atoms with van der Waals surface area (Å²) in [6.45, 7) is -0.620. The molecule has 176 valence electrons. The molecule has 0 saturated carbocycles. The van der Waals surface area contributed by atoms with Crippen LogP contribution in [0.1, 0.15) is 18.4 Å². The molecule has 13 heteroatoms. The zero-order valence-electron chi connectivity index (χ0n) is 17.1. The number of amides is 1. The van der Waals surface area contributed by atoms with Crippen LogP contribution in [0.4, 0.5) is 20.2 Å². The molecular formula is C20H19F2N3O7S. The lowest BCUT2D eigenvalue weighted by Crippen LogP contribution is -2.38. The van der Waals surface area contributed by atoms with Gasteiger partial charge in [0.2, 0.25) is 10.0 Å². The molecule has 1 heterocycles. The molecule has 3 rings (SSSR count). The van der Waals surface area contributed by atoms with Gasteiger partial charge < -0.3 is 9.64 Å². The van der Waals surface area contributed by atoms with Crippen LogP contribution in [0.2, 0.25) is 0 Å². The highest BCUT2D eigenvalue weighted by atomic mass is 32.2. The van der Waals surface area contributed by atoms with Crippen molar-refractivity contribution in [3.05, 3.63) is 63.7 Å². The molecule has 2 aromatic carbocycles. The van der Waals surface area contributed by atoms with Gasteiger partial charge in [0.05, 0.1) is 16.2 Å². The smallest absolute Gasteiger partial charge is 0.307 e. The molecule has 0 saturated heterocycles. The lowest BCUT2D eigenvalue weighted by Gasteiger charge is -2.29. The second-order valence-electron chi connectivity index (χ2n) is 7.10. The Labute approximate surface area is 187 Å². The van der Waals surface area contributed by atoms with Gasteiger partial charge in [0.15, 0.2) is 18.2 Å². The van der Waals surface area contributed by atoms with Gasteiger partial charge in [0, 0.05) is 30.9 Å². The van der Waals surface area contributed by atoms with Crippen LogP contribution in [0.15, 0.2) is 41.3 Å². The number of hydrogen-bond acceptors (Lipinski definition) is 7. The van der Waals surface area contributed by atoms with E-state index in [4.69, 9.17) is 4.74 Å². The fourth-order valence-corrected chi connectivity index (χ4v) is 4.31. The van der Waals surface area contributed by atoms with E-state index in [1.807, 2.05) is 0 Å². The molecular weight excluding hydrogens is 464 g/mol. The minimum absolute atomic E-state index is 0.0831. The predicted molar refractivity (Wildman–Crippen MR) is 111 cm³/mol. The van der Waals surface area contributed by atoms with E-state index < -0.39 is 56.4 Å². The van der Waals surface area contributed by atoms with Crippen molar-refractivity contribution >= 4 is 33.3 Å². The van der Waals surface area contributed by atoms with Gasteiger partial charge in [-0.25, -0.2) is 21.9 Å². The third kappa shape index (κ3) is 5.87. The van der Waals surface area contributed by atoms with Gasteiger partial charge in [-0.05, 0) is 42.7 Å². The molecule has 2 aromatic rings. The zero-order valence-corrected chi connectivity index (χ0v) is 17.9. The number of esters is 1. The molecule has 1 aliphatic rings. The maximum atomic E-state index is 13.2. The van der Waals surface area contributed by atoms with E-state index in [0.717, 1.165) is 6.07 Å². The summed E-state index contributed by atoms with van der Waals surface area (Å²) in [6, 6.07) is 6.22. The Morgan fingerprint density at radius 3 is 2.61 bits per heavy atom. The Morgan fingerprint density at radius 1 is 1.15 bits per heavy atom. The first kappa shape index (κ1) is 24.2. The van der Waals surface area contributed by atoms with E-state index >= 15 is 0 Å². The molecule has 0 fully saturated rings. The molecule has 0 aromatic heterocycles. The van der Waals surface area contributed by atoms with Gasteiger partial charge in [-0.1, -0.05) is 0 Å². The first-order chi connectivity index (χ1) is 15.6.